The van der Waals surface area contributed by atoms with Crippen LogP contribution in [-0.2, 0) is 112 Å². The minimum atomic E-state index is -2.06. The predicted molar refractivity (Wildman–Crippen MR) is 479 cm³/mol. The fraction of sp³-hybridized carbons (Fsp3) is 0.435. The summed E-state index contributed by atoms with van der Waals surface area (Å²) in [6.45, 7) is -2.00. The molecular weight excluding hydrogens is 1740 g/mol. The van der Waals surface area contributed by atoms with Gasteiger partial charge in [-0.15, -0.1) is 0 Å². The number of phenolic OH excluding ortho intramolecular Hbond substituents is 1. The minimum Gasteiger partial charge on any atom is -0.508 e. The molecule has 718 valence electrons. The van der Waals surface area contributed by atoms with Crippen LogP contribution in [-0.4, -0.2) is 266 Å². The number of aliphatic carboxylic acids is 1. The Bertz CT molecular complexity index is 5150. The normalized spacial score (nSPS) is 14.9. The third-order valence-electron chi connectivity index (χ3n) is 21.4. The Morgan fingerprint density at radius 2 is 0.820 bits per heavy atom. The molecule has 0 unspecified atom stereocenters. The van der Waals surface area contributed by atoms with Crippen molar-refractivity contribution in [2.75, 3.05) is 39.3 Å². The highest BCUT2D eigenvalue weighted by atomic mass is 16.4. The highest BCUT2D eigenvalue weighted by Crippen LogP contribution is 2.24. The molecule has 0 radical (unpaired) electrons. The van der Waals surface area contributed by atoms with Gasteiger partial charge in [0.05, 0.1) is 38.5 Å². The summed E-state index contributed by atoms with van der Waals surface area (Å²) < 4.78 is 0. The third-order valence-corrected chi connectivity index (χ3v) is 21.4. The number of benzene rings is 4. The summed E-state index contributed by atoms with van der Waals surface area (Å²) in [7, 11) is 0. The number of fused-ring (bicyclic) bond motifs is 2. The lowest BCUT2D eigenvalue weighted by molar-refractivity contribution is -0.142. The Kier molecular flexibility index (Phi) is 41.2. The van der Waals surface area contributed by atoms with Crippen molar-refractivity contribution in [1.29, 1.82) is 10.8 Å². The summed E-state index contributed by atoms with van der Waals surface area (Å²) in [5.74, 6) is -20.9. The van der Waals surface area contributed by atoms with Gasteiger partial charge in [-0.05, 0) is 117 Å². The number of carboxylic acid groups (broad SMARTS) is 1. The van der Waals surface area contributed by atoms with Crippen molar-refractivity contribution >= 4 is 140 Å². The summed E-state index contributed by atoms with van der Waals surface area (Å²) in [5.41, 5.74) is 47.4. The van der Waals surface area contributed by atoms with Gasteiger partial charge in [-0.2, -0.15) is 0 Å². The molecule has 0 spiro atoms. The number of likely N-dealkylation sites (tertiary alicyclic amines) is 1. The molecule has 7 rings (SSSR count). The lowest BCUT2D eigenvalue weighted by Gasteiger charge is -2.28. The number of phenols is 1. The Balaban J connectivity index is 1.12. The molecule has 48 heteroatoms. The van der Waals surface area contributed by atoms with Gasteiger partial charge in [-0.3, -0.25) is 92.3 Å². The molecule has 1 fully saturated rings. The summed E-state index contributed by atoms with van der Waals surface area (Å²) >= 11 is 0. The largest absolute Gasteiger partial charge is 0.508 e. The van der Waals surface area contributed by atoms with Crippen LogP contribution < -0.4 is 120 Å². The number of aliphatic hydroxyl groups excluding tert-OH is 1. The molecule has 133 heavy (non-hydrogen) atoms. The number of H-pyrrole nitrogens is 2. The second-order valence-corrected chi connectivity index (χ2v) is 31.7. The smallest absolute Gasteiger partial charge is 0.326 e. The Morgan fingerprint density at radius 3 is 1.29 bits per heavy atom. The van der Waals surface area contributed by atoms with Crippen LogP contribution in [0, 0.1) is 10.8 Å². The number of unbranched alkanes of at least 4 members (excludes halogenated alkanes) is 1. The number of guanidine groups is 2. The molecular formula is C85H117N27O21. The van der Waals surface area contributed by atoms with E-state index in [1.54, 1.807) is 85.1 Å². The average Bonchev–Trinajstić information content (AvgIpc) is 1.65. The van der Waals surface area contributed by atoms with E-state index in [0.717, 1.165) is 4.90 Å². The zero-order chi connectivity index (χ0) is 97.5. The van der Waals surface area contributed by atoms with Gasteiger partial charge in [-0.25, -0.2) is 4.79 Å². The van der Waals surface area contributed by atoms with Gasteiger partial charge in [0.1, 0.15) is 78.3 Å². The zero-order valence-electron chi connectivity index (χ0n) is 72.7. The standard InChI is InChI=1S/C85H117N27O21/c86-29-9-8-19-57(83(132)133)104-75(124)58(33-44-13-2-1-3-14-44)105-73(122)55(21-11-31-97-85(94)95)102-74(123)56(27-28-66(88)115)103-78(127)62(38-68(90)117)109-76(125)59(34-45-23-25-48(114)26-24-45)106-77(126)61(36-47-41-99-53-18-7-5-16-50(47)53)108-80(129)64(43-113)111-72(121)54(20-10-30-96-84(92)93)101-70(119)42-100-71(120)60(35-46-40-98-52-17-6-4-15-49(46)52)107-79(128)63(39-69(91)118)110-81(130)65-22-12-32-112(65)82(131)51(87)37-67(89)116/h1-7,13-18,23-26,40-41,51,54-65,98-99,113-114H,8-12,19-22,27-39,42-43,86-87H2,(H2,88,115)(H2,89,116)(H2,90,117)(H2,91,118)(H,100,120)(H,101,119)(H,102,123)(H,103,127)(H,104,124)(H,105,122)(H,106,126)(H,107,128)(H,108,129)(H,109,125)(H,110,130)(H,111,121)(H,132,133)(H4,92,93,96)(H4,94,95,97)/t51-,54-,55-,56-,57-,58-,59-,60-,61-,62-,63-,64-,65-/m0/s1. The first-order valence-electron chi connectivity index (χ1n) is 42.7. The summed E-state index contributed by atoms with van der Waals surface area (Å²) in [4.78, 5) is 257. The van der Waals surface area contributed by atoms with E-state index in [1.807, 2.05) is 0 Å². The van der Waals surface area contributed by atoms with Crippen LogP contribution in [0.2, 0.25) is 0 Å². The number of para-hydroxylation sites is 2. The maximum atomic E-state index is 15.3. The highest BCUT2D eigenvalue weighted by molar-refractivity contribution is 6.02. The summed E-state index contributed by atoms with van der Waals surface area (Å²) in [6, 6.07) is 5.21. The number of carbonyl (C=O) groups is 18. The number of carboxylic acids is 1. The number of rotatable bonds is 56. The van der Waals surface area contributed by atoms with Crippen molar-refractivity contribution in [2.45, 2.75) is 194 Å². The number of primary amides is 4. The fourth-order valence-corrected chi connectivity index (χ4v) is 14.6. The van der Waals surface area contributed by atoms with Crippen LogP contribution in [0.15, 0.2) is 116 Å². The second-order valence-electron chi connectivity index (χ2n) is 31.7. The number of nitrogens with two attached hydrogens (primary N) is 8. The lowest BCUT2D eigenvalue weighted by Crippen LogP contribution is -2.61. The first-order chi connectivity index (χ1) is 63.3. The number of nitrogens with zero attached hydrogens (tertiary/aromatic N) is 1. The van der Waals surface area contributed by atoms with E-state index in [2.05, 4.69) is 84.4 Å². The van der Waals surface area contributed by atoms with Crippen molar-refractivity contribution in [1.82, 2.24) is 89.3 Å². The molecule has 2 aromatic heterocycles. The maximum Gasteiger partial charge on any atom is 0.326 e. The number of aliphatic hydroxyl groups is 1. The number of nitrogens with one attached hydrogen (secondary N) is 18. The summed E-state index contributed by atoms with van der Waals surface area (Å²) in [6.07, 6.45) is -1.56. The van der Waals surface area contributed by atoms with Gasteiger partial charge in [0.2, 0.25) is 100 Å². The molecule has 0 aliphatic carbocycles. The number of aromatic hydroxyl groups is 1. The Morgan fingerprint density at radius 1 is 0.421 bits per heavy atom. The van der Waals surface area contributed by atoms with Crippen molar-refractivity contribution in [3.8, 4) is 5.75 Å². The number of amides is 17. The van der Waals surface area contributed by atoms with Crippen molar-refractivity contribution in [2.24, 2.45) is 45.9 Å². The molecule has 13 atom stereocenters. The van der Waals surface area contributed by atoms with Crippen LogP contribution in [0.5, 0.6) is 5.75 Å². The molecule has 4 aromatic carbocycles. The molecule has 6 aromatic rings. The van der Waals surface area contributed by atoms with Gasteiger partial charge in [0.15, 0.2) is 11.9 Å². The van der Waals surface area contributed by atoms with Crippen molar-refractivity contribution < 1.29 is 102 Å². The van der Waals surface area contributed by atoms with Gasteiger partial charge >= 0.3 is 5.97 Å². The van der Waals surface area contributed by atoms with E-state index in [4.69, 9.17) is 56.7 Å². The zero-order valence-corrected chi connectivity index (χ0v) is 72.7. The van der Waals surface area contributed by atoms with Crippen LogP contribution in [0.4, 0.5) is 0 Å². The summed E-state index contributed by atoms with van der Waals surface area (Å²) in [5, 5.41) is 82.5. The van der Waals surface area contributed by atoms with E-state index in [0.29, 0.717) is 57.8 Å². The molecule has 0 saturated carbocycles. The monoisotopic (exact) mass is 1850 g/mol. The van der Waals surface area contributed by atoms with E-state index in [-0.39, 0.29) is 88.9 Å². The molecule has 37 N–H and O–H groups in total. The van der Waals surface area contributed by atoms with E-state index in [9.17, 15) is 92.0 Å². The van der Waals surface area contributed by atoms with Gasteiger partial charge < -0.3 is 150 Å². The topological polar surface area (TPSA) is 827 Å². The second kappa shape index (κ2) is 52.3. The SMILES string of the molecule is N=C(N)NCCC[C@H](NC(=O)CNC(=O)[C@H](Cc1c[nH]c2ccccc12)NC(=O)[C@H](CC(N)=O)NC(=O)[C@@H]1CCCN1C(=O)[C@@H](N)CC(N)=O)C(=O)N[C@@H](CO)C(=O)N[C@@H](Cc1c[nH]c2ccccc12)C(=O)N[C@@H](Cc1ccc(O)cc1)C(=O)N[C@@H](CC(N)=O)C(=O)N[C@@H](CCC(N)=O)C(=O)N[C@@H](CCCNC(=N)N)C(=O)N[C@@H](Cc1ccccc1)C(=O)N[C@@H](CCCCN)C(=O)O. The van der Waals surface area contributed by atoms with E-state index in [1.165, 1.54) is 30.5 Å². The number of hydrogen-bond donors (Lipinski definition) is 29. The molecule has 1 aliphatic rings. The van der Waals surface area contributed by atoms with Crippen LogP contribution in [0.25, 0.3) is 21.8 Å². The van der Waals surface area contributed by atoms with Gasteiger partial charge in [0.25, 0.3) is 0 Å². The van der Waals surface area contributed by atoms with Gasteiger partial charge in [0, 0.05) is 85.9 Å². The van der Waals surface area contributed by atoms with E-state index < -0.39 is 255 Å². The third kappa shape index (κ3) is 34.2. The number of hydrogen-bond acceptors (Lipinski definition) is 24. The molecule has 1 saturated heterocycles. The lowest BCUT2D eigenvalue weighted by atomic mass is 10.0. The molecule has 1 aliphatic heterocycles. The first-order valence-corrected chi connectivity index (χ1v) is 42.7. The van der Waals surface area contributed by atoms with Crippen LogP contribution in [0.3, 0.4) is 0 Å². The highest BCUT2D eigenvalue weighted by Gasteiger charge is 2.41. The minimum absolute atomic E-state index is 0.0121. The van der Waals surface area contributed by atoms with Crippen LogP contribution >= 0.6 is 0 Å². The van der Waals surface area contributed by atoms with Crippen LogP contribution in [0.1, 0.15) is 112 Å². The van der Waals surface area contributed by atoms with Crippen molar-refractivity contribution in [3.63, 3.8) is 0 Å². The first kappa shape index (κ1) is 105. The number of carbonyl (C=O) groups excluding carboxylic acids is 17. The Hall–Kier alpha value is -15.4. The predicted octanol–water partition coefficient (Wildman–Crippen LogP) is -7.98. The molecule has 0 bridgehead atoms. The molecule has 3 heterocycles. The Labute approximate surface area is 761 Å². The quantitative estimate of drug-likeness (QED) is 0.00958. The molecule has 48 nitrogen and oxygen atoms in total. The number of aromatic nitrogens is 2. The van der Waals surface area contributed by atoms with E-state index >= 15 is 9.59 Å². The maximum absolute atomic E-state index is 15.3. The average molecular weight is 1850 g/mol. The van der Waals surface area contributed by atoms with Crippen molar-refractivity contribution in [3.05, 3.63) is 138 Å². The fourth-order valence-electron chi connectivity index (χ4n) is 14.6. The van der Waals surface area contributed by atoms with Gasteiger partial charge in [-0.1, -0.05) is 78.9 Å². The molecule has 17 amide bonds. The number of aromatic amines is 2.